The van der Waals surface area contributed by atoms with Gasteiger partial charge in [0.2, 0.25) is 0 Å². The third kappa shape index (κ3) is 2.01. The number of aryl methyl sites for hydroxylation is 1. The number of aromatic nitrogens is 1. The molecule has 3 rings (SSSR count). The molecule has 0 unspecified atom stereocenters. The van der Waals surface area contributed by atoms with E-state index in [-0.39, 0.29) is 0 Å². The van der Waals surface area contributed by atoms with Crippen LogP contribution in [-0.4, -0.2) is 36.2 Å². The molecule has 3 nitrogen and oxygen atoms in total. The zero-order chi connectivity index (χ0) is 11.0. The lowest BCUT2D eigenvalue weighted by molar-refractivity contribution is -0.103. The summed E-state index contributed by atoms with van der Waals surface area (Å²) < 4.78 is 5.59. The maximum Gasteiger partial charge on any atom is 0.0897 e. The second-order valence-electron chi connectivity index (χ2n) is 5.15. The molecule has 0 aromatic carbocycles. The van der Waals surface area contributed by atoms with Crippen LogP contribution >= 0.6 is 11.3 Å². The van der Waals surface area contributed by atoms with E-state index in [1.807, 2.05) is 17.5 Å². The molecule has 2 saturated heterocycles. The molecule has 0 bridgehead atoms. The van der Waals surface area contributed by atoms with E-state index in [0.717, 1.165) is 19.8 Å². The van der Waals surface area contributed by atoms with Crippen molar-refractivity contribution in [2.24, 2.45) is 5.41 Å². The summed E-state index contributed by atoms with van der Waals surface area (Å²) in [6.07, 6.45) is 4.61. The fourth-order valence-corrected chi connectivity index (χ4v) is 3.71. The van der Waals surface area contributed by atoms with Gasteiger partial charge in [-0.3, -0.25) is 4.90 Å². The Morgan fingerprint density at radius 1 is 1.56 bits per heavy atom. The van der Waals surface area contributed by atoms with Crippen LogP contribution in [0.1, 0.15) is 22.7 Å². The zero-order valence-electron chi connectivity index (χ0n) is 9.74. The van der Waals surface area contributed by atoms with E-state index >= 15 is 0 Å². The van der Waals surface area contributed by atoms with Gasteiger partial charge >= 0.3 is 0 Å². The van der Waals surface area contributed by atoms with Crippen LogP contribution in [-0.2, 0) is 11.3 Å². The smallest absolute Gasteiger partial charge is 0.0897 e. The third-order valence-corrected chi connectivity index (χ3v) is 4.47. The fourth-order valence-electron chi connectivity index (χ4n) is 2.87. The summed E-state index contributed by atoms with van der Waals surface area (Å²) in [6.45, 7) is 7.52. The SMILES string of the molecule is Cc1ncc(CN2CC3(CCCOC3)C2)s1. The fraction of sp³-hybridized carbons (Fsp3) is 0.750. The number of hydrogen-bond acceptors (Lipinski definition) is 4. The molecule has 88 valence electrons. The molecule has 2 fully saturated rings. The number of nitrogens with zero attached hydrogens (tertiary/aromatic N) is 2. The highest BCUT2D eigenvalue weighted by Gasteiger charge is 2.43. The first-order valence-corrected chi connectivity index (χ1v) is 6.79. The maximum atomic E-state index is 5.59. The van der Waals surface area contributed by atoms with Crippen LogP contribution in [0.5, 0.6) is 0 Å². The topological polar surface area (TPSA) is 25.4 Å². The molecule has 0 amide bonds. The molecule has 1 aromatic rings. The predicted octanol–water partition coefficient (Wildman–Crippen LogP) is 2.06. The van der Waals surface area contributed by atoms with Crippen molar-refractivity contribution in [1.29, 1.82) is 0 Å². The number of hydrogen-bond donors (Lipinski definition) is 0. The maximum absolute atomic E-state index is 5.59. The number of ether oxygens (including phenoxy) is 1. The highest BCUT2D eigenvalue weighted by atomic mass is 32.1. The Kier molecular flexibility index (Phi) is 2.73. The molecular formula is C12H18N2OS. The minimum atomic E-state index is 0.498. The van der Waals surface area contributed by atoms with Gasteiger partial charge in [-0.15, -0.1) is 11.3 Å². The van der Waals surface area contributed by atoms with Gasteiger partial charge in [0, 0.05) is 42.7 Å². The van der Waals surface area contributed by atoms with Crippen molar-refractivity contribution in [2.45, 2.75) is 26.3 Å². The third-order valence-electron chi connectivity index (χ3n) is 3.57. The van der Waals surface area contributed by atoms with Gasteiger partial charge in [0.15, 0.2) is 0 Å². The van der Waals surface area contributed by atoms with Crippen molar-refractivity contribution in [1.82, 2.24) is 9.88 Å². The van der Waals surface area contributed by atoms with Gasteiger partial charge in [0.05, 0.1) is 11.6 Å². The first kappa shape index (κ1) is 10.7. The standard InChI is InChI=1S/C12H18N2OS/c1-10-13-5-11(16-10)6-14-7-12(8-14)3-2-4-15-9-12/h5H,2-4,6-9H2,1H3. The molecule has 0 radical (unpaired) electrons. The van der Waals surface area contributed by atoms with E-state index in [1.54, 1.807) is 0 Å². The summed E-state index contributed by atoms with van der Waals surface area (Å²) in [5.41, 5.74) is 0.498. The Morgan fingerprint density at radius 2 is 2.44 bits per heavy atom. The molecule has 16 heavy (non-hydrogen) atoms. The Hall–Kier alpha value is -0.450. The Bertz CT molecular complexity index is 363. The predicted molar refractivity (Wildman–Crippen MR) is 64.6 cm³/mol. The molecule has 0 atom stereocenters. The summed E-state index contributed by atoms with van der Waals surface area (Å²) in [4.78, 5) is 8.21. The molecule has 0 saturated carbocycles. The minimum Gasteiger partial charge on any atom is -0.381 e. The van der Waals surface area contributed by atoms with E-state index in [0.29, 0.717) is 5.41 Å². The monoisotopic (exact) mass is 238 g/mol. The van der Waals surface area contributed by atoms with E-state index in [4.69, 9.17) is 4.74 Å². The molecule has 1 spiro atoms. The largest absolute Gasteiger partial charge is 0.381 e. The van der Waals surface area contributed by atoms with Gasteiger partial charge in [-0.2, -0.15) is 0 Å². The summed E-state index contributed by atoms with van der Waals surface area (Å²) in [5, 5.41) is 1.17. The first-order valence-electron chi connectivity index (χ1n) is 5.97. The lowest BCUT2D eigenvalue weighted by Gasteiger charge is -2.51. The summed E-state index contributed by atoms with van der Waals surface area (Å²) in [5.74, 6) is 0. The van der Waals surface area contributed by atoms with Crippen molar-refractivity contribution in [3.63, 3.8) is 0 Å². The molecule has 0 N–H and O–H groups in total. The summed E-state index contributed by atoms with van der Waals surface area (Å²) >= 11 is 1.82. The van der Waals surface area contributed by atoms with E-state index in [9.17, 15) is 0 Å². The van der Waals surface area contributed by atoms with Crippen molar-refractivity contribution in [3.8, 4) is 0 Å². The number of rotatable bonds is 2. The highest BCUT2D eigenvalue weighted by Crippen LogP contribution is 2.38. The first-order chi connectivity index (χ1) is 7.76. The molecule has 2 aliphatic heterocycles. The average Bonchev–Trinajstić information content (AvgIpc) is 2.63. The normalized spacial score (nSPS) is 24.6. The van der Waals surface area contributed by atoms with Gasteiger partial charge < -0.3 is 4.74 Å². The van der Waals surface area contributed by atoms with Gasteiger partial charge in [-0.25, -0.2) is 4.98 Å². The van der Waals surface area contributed by atoms with Gasteiger partial charge in [0.25, 0.3) is 0 Å². The van der Waals surface area contributed by atoms with Crippen LogP contribution in [0.4, 0.5) is 0 Å². The van der Waals surface area contributed by atoms with Crippen LogP contribution < -0.4 is 0 Å². The van der Waals surface area contributed by atoms with Crippen LogP contribution in [0.25, 0.3) is 0 Å². The number of thiazole rings is 1. The van der Waals surface area contributed by atoms with Crippen LogP contribution in [0, 0.1) is 12.3 Å². The van der Waals surface area contributed by atoms with Crippen LogP contribution in [0.3, 0.4) is 0 Å². The molecule has 2 aliphatic rings. The van der Waals surface area contributed by atoms with E-state index in [1.165, 1.54) is 35.8 Å². The Balaban J connectivity index is 1.53. The van der Waals surface area contributed by atoms with Gasteiger partial charge in [0.1, 0.15) is 0 Å². The molecular weight excluding hydrogens is 220 g/mol. The zero-order valence-corrected chi connectivity index (χ0v) is 10.6. The molecule has 3 heterocycles. The van der Waals surface area contributed by atoms with Crippen LogP contribution in [0.15, 0.2) is 6.20 Å². The van der Waals surface area contributed by atoms with Gasteiger partial charge in [-0.05, 0) is 19.8 Å². The van der Waals surface area contributed by atoms with Crippen LogP contribution in [0.2, 0.25) is 0 Å². The lowest BCUT2D eigenvalue weighted by atomic mass is 9.75. The van der Waals surface area contributed by atoms with Crippen molar-refractivity contribution in [2.75, 3.05) is 26.3 Å². The quantitative estimate of drug-likeness (QED) is 0.788. The molecule has 4 heteroatoms. The van der Waals surface area contributed by atoms with Gasteiger partial charge in [-0.1, -0.05) is 0 Å². The Labute approximate surface area is 100 Å². The van der Waals surface area contributed by atoms with Crippen molar-refractivity contribution in [3.05, 3.63) is 16.1 Å². The minimum absolute atomic E-state index is 0.498. The number of likely N-dealkylation sites (tertiary alicyclic amines) is 1. The van der Waals surface area contributed by atoms with E-state index < -0.39 is 0 Å². The second kappa shape index (κ2) is 4.09. The summed E-state index contributed by atoms with van der Waals surface area (Å²) in [7, 11) is 0. The lowest BCUT2D eigenvalue weighted by Crippen LogP contribution is -2.59. The van der Waals surface area contributed by atoms with Crippen molar-refractivity contribution >= 4 is 11.3 Å². The second-order valence-corrected chi connectivity index (χ2v) is 6.47. The average molecular weight is 238 g/mol. The van der Waals surface area contributed by atoms with Crippen molar-refractivity contribution < 1.29 is 4.74 Å². The Morgan fingerprint density at radius 3 is 3.06 bits per heavy atom. The summed E-state index contributed by atoms with van der Waals surface area (Å²) in [6, 6.07) is 0. The molecule has 0 aliphatic carbocycles. The van der Waals surface area contributed by atoms with E-state index in [2.05, 4.69) is 16.8 Å². The highest BCUT2D eigenvalue weighted by molar-refractivity contribution is 7.11. The molecule has 1 aromatic heterocycles.